The Labute approximate surface area is 122 Å². The van der Waals surface area contributed by atoms with E-state index in [2.05, 4.69) is 37.0 Å². The summed E-state index contributed by atoms with van der Waals surface area (Å²) in [5, 5.41) is 2.18. The van der Waals surface area contributed by atoms with Crippen LogP contribution in [0.5, 0.6) is 0 Å². The third-order valence-corrected chi connectivity index (χ3v) is 4.45. The van der Waals surface area contributed by atoms with Crippen LogP contribution in [-0.2, 0) is 6.54 Å². The second kappa shape index (κ2) is 5.31. The molecule has 3 rings (SSSR count). The Kier molecular flexibility index (Phi) is 3.51. The molecule has 0 aliphatic heterocycles. The molecule has 0 amide bonds. The Balaban J connectivity index is 2.10. The van der Waals surface area contributed by atoms with E-state index in [1.165, 1.54) is 4.88 Å². The first-order valence-electron chi connectivity index (χ1n) is 6.74. The van der Waals surface area contributed by atoms with Gasteiger partial charge < -0.3 is 5.73 Å². The lowest BCUT2D eigenvalue weighted by Crippen LogP contribution is -1.99. The maximum absolute atomic E-state index is 5.83. The monoisotopic (exact) mass is 283 g/mol. The fourth-order valence-electron chi connectivity index (χ4n) is 2.29. The number of nitrogens with two attached hydrogens (primary N) is 1. The zero-order valence-electron chi connectivity index (χ0n) is 11.6. The quantitative estimate of drug-likeness (QED) is 0.792. The van der Waals surface area contributed by atoms with Crippen LogP contribution in [0.2, 0.25) is 0 Å². The van der Waals surface area contributed by atoms with Crippen LogP contribution >= 0.6 is 11.3 Å². The van der Waals surface area contributed by atoms with Crippen molar-refractivity contribution in [2.45, 2.75) is 26.3 Å². The van der Waals surface area contributed by atoms with E-state index < -0.39 is 0 Å². The molecule has 2 heterocycles. The molecule has 102 valence electrons. The molecule has 0 radical (unpaired) electrons. The van der Waals surface area contributed by atoms with Crippen molar-refractivity contribution in [3.63, 3.8) is 0 Å². The highest BCUT2D eigenvalue weighted by Gasteiger charge is 2.14. The van der Waals surface area contributed by atoms with Gasteiger partial charge in [0.05, 0.1) is 11.2 Å². The van der Waals surface area contributed by atoms with Gasteiger partial charge in [0.25, 0.3) is 0 Å². The van der Waals surface area contributed by atoms with Crippen molar-refractivity contribution in [3.8, 4) is 10.6 Å². The van der Waals surface area contributed by atoms with E-state index in [1.807, 2.05) is 18.3 Å². The summed E-state index contributed by atoms with van der Waals surface area (Å²) >= 11 is 1.69. The summed E-state index contributed by atoms with van der Waals surface area (Å²) in [6.07, 6.45) is 1.81. The standard InChI is InChI=1S/C16H17N3S/c1-10(2)15-14(9-17)20-16(19-15)12-5-6-13-11(8-12)4-3-7-18-13/h3-8,10H,9,17H2,1-2H3. The minimum atomic E-state index is 0.403. The fraction of sp³-hybridized carbons (Fsp3) is 0.250. The summed E-state index contributed by atoms with van der Waals surface area (Å²) in [6, 6.07) is 10.3. The van der Waals surface area contributed by atoms with Crippen molar-refractivity contribution < 1.29 is 0 Å². The largest absolute Gasteiger partial charge is 0.326 e. The first-order chi connectivity index (χ1) is 9.69. The zero-order valence-corrected chi connectivity index (χ0v) is 12.4. The van der Waals surface area contributed by atoms with E-state index in [-0.39, 0.29) is 0 Å². The SMILES string of the molecule is CC(C)c1nc(-c2ccc3ncccc3c2)sc1CN. The van der Waals surface area contributed by atoms with Crippen molar-refractivity contribution in [1.82, 2.24) is 9.97 Å². The molecule has 2 N–H and O–H groups in total. The van der Waals surface area contributed by atoms with Crippen molar-refractivity contribution in [2.75, 3.05) is 0 Å². The summed E-state index contributed by atoms with van der Waals surface area (Å²) in [7, 11) is 0. The molecule has 20 heavy (non-hydrogen) atoms. The van der Waals surface area contributed by atoms with E-state index in [9.17, 15) is 0 Å². The maximum Gasteiger partial charge on any atom is 0.123 e. The lowest BCUT2D eigenvalue weighted by Gasteiger charge is -2.02. The molecule has 0 fully saturated rings. The van der Waals surface area contributed by atoms with Crippen LogP contribution in [0.25, 0.3) is 21.5 Å². The van der Waals surface area contributed by atoms with Crippen molar-refractivity contribution in [1.29, 1.82) is 0 Å². The molecule has 0 atom stereocenters. The molecule has 3 aromatic rings. The number of thiazole rings is 1. The van der Waals surface area contributed by atoms with E-state index in [0.717, 1.165) is 27.2 Å². The van der Waals surface area contributed by atoms with Crippen molar-refractivity contribution in [3.05, 3.63) is 47.1 Å². The first-order valence-corrected chi connectivity index (χ1v) is 7.55. The van der Waals surface area contributed by atoms with Gasteiger partial charge in [0, 0.05) is 28.6 Å². The molecular weight excluding hydrogens is 266 g/mol. The van der Waals surface area contributed by atoms with E-state index in [0.29, 0.717) is 12.5 Å². The molecule has 0 aliphatic rings. The van der Waals surface area contributed by atoms with E-state index in [4.69, 9.17) is 10.7 Å². The highest BCUT2D eigenvalue weighted by atomic mass is 32.1. The summed E-state index contributed by atoms with van der Waals surface area (Å²) in [5.41, 5.74) is 9.10. The number of aromatic nitrogens is 2. The lowest BCUT2D eigenvalue weighted by atomic mass is 10.1. The molecular formula is C16H17N3S. The molecule has 0 saturated carbocycles. The second-order valence-corrected chi connectivity index (χ2v) is 6.18. The Hall–Kier alpha value is -1.78. The third kappa shape index (κ3) is 2.32. The van der Waals surface area contributed by atoms with Gasteiger partial charge in [0.2, 0.25) is 0 Å². The predicted octanol–water partition coefficient (Wildman–Crippen LogP) is 3.94. The number of benzene rings is 1. The number of hydrogen-bond donors (Lipinski definition) is 1. The molecule has 0 spiro atoms. The van der Waals surface area contributed by atoms with E-state index >= 15 is 0 Å². The zero-order chi connectivity index (χ0) is 14.1. The molecule has 0 unspecified atom stereocenters. The van der Waals surface area contributed by atoms with Crippen LogP contribution in [0.3, 0.4) is 0 Å². The van der Waals surface area contributed by atoms with Crippen LogP contribution in [0.15, 0.2) is 36.5 Å². The first kappa shape index (κ1) is 13.2. The van der Waals surface area contributed by atoms with Gasteiger partial charge in [-0.3, -0.25) is 4.98 Å². The van der Waals surface area contributed by atoms with Crippen molar-refractivity contribution >= 4 is 22.2 Å². The molecule has 1 aromatic carbocycles. The number of pyridine rings is 1. The average Bonchev–Trinajstić information content (AvgIpc) is 2.91. The van der Waals surface area contributed by atoms with Gasteiger partial charge in [-0.25, -0.2) is 4.98 Å². The van der Waals surface area contributed by atoms with Gasteiger partial charge in [-0.1, -0.05) is 19.9 Å². The van der Waals surface area contributed by atoms with Gasteiger partial charge in [-0.05, 0) is 30.2 Å². The molecule has 2 aromatic heterocycles. The van der Waals surface area contributed by atoms with Gasteiger partial charge >= 0.3 is 0 Å². The number of nitrogens with zero attached hydrogens (tertiary/aromatic N) is 2. The smallest absolute Gasteiger partial charge is 0.123 e. The fourth-order valence-corrected chi connectivity index (χ4v) is 3.38. The van der Waals surface area contributed by atoms with Crippen molar-refractivity contribution in [2.24, 2.45) is 5.73 Å². The Morgan fingerprint density at radius 2 is 2.10 bits per heavy atom. The van der Waals surface area contributed by atoms with Crippen LogP contribution < -0.4 is 5.73 Å². The van der Waals surface area contributed by atoms with Gasteiger partial charge in [-0.2, -0.15) is 0 Å². The molecule has 4 heteroatoms. The Morgan fingerprint density at radius 1 is 1.25 bits per heavy atom. The summed E-state index contributed by atoms with van der Waals surface area (Å²) in [4.78, 5) is 10.3. The third-order valence-electron chi connectivity index (χ3n) is 3.31. The topological polar surface area (TPSA) is 51.8 Å². The number of hydrogen-bond acceptors (Lipinski definition) is 4. The Morgan fingerprint density at radius 3 is 2.80 bits per heavy atom. The average molecular weight is 283 g/mol. The van der Waals surface area contributed by atoms with Crippen LogP contribution in [0.1, 0.15) is 30.3 Å². The Bertz CT molecular complexity index is 746. The summed E-state index contributed by atoms with van der Waals surface area (Å²) in [5.74, 6) is 0.403. The highest BCUT2D eigenvalue weighted by Crippen LogP contribution is 2.32. The second-order valence-electron chi connectivity index (χ2n) is 5.10. The normalized spacial score (nSPS) is 11.4. The molecule has 0 bridgehead atoms. The maximum atomic E-state index is 5.83. The van der Waals surface area contributed by atoms with Crippen LogP contribution in [-0.4, -0.2) is 9.97 Å². The summed E-state index contributed by atoms with van der Waals surface area (Å²) in [6.45, 7) is 4.87. The minimum absolute atomic E-state index is 0.403. The van der Waals surface area contributed by atoms with Gasteiger partial charge in [0.15, 0.2) is 0 Å². The minimum Gasteiger partial charge on any atom is -0.326 e. The summed E-state index contributed by atoms with van der Waals surface area (Å²) < 4.78 is 0. The van der Waals surface area contributed by atoms with Crippen LogP contribution in [0, 0.1) is 0 Å². The number of rotatable bonds is 3. The van der Waals surface area contributed by atoms with E-state index in [1.54, 1.807) is 11.3 Å². The molecule has 0 aliphatic carbocycles. The predicted molar refractivity (Wildman–Crippen MR) is 84.8 cm³/mol. The molecule has 3 nitrogen and oxygen atoms in total. The number of fused-ring (bicyclic) bond motifs is 1. The highest BCUT2D eigenvalue weighted by molar-refractivity contribution is 7.15. The van der Waals surface area contributed by atoms with Gasteiger partial charge in [0.1, 0.15) is 5.01 Å². The lowest BCUT2D eigenvalue weighted by molar-refractivity contribution is 0.814. The van der Waals surface area contributed by atoms with Crippen LogP contribution in [0.4, 0.5) is 0 Å². The molecule has 0 saturated heterocycles. The van der Waals surface area contributed by atoms with Gasteiger partial charge in [-0.15, -0.1) is 11.3 Å².